The topological polar surface area (TPSA) is 56.7 Å². The van der Waals surface area contributed by atoms with Crippen molar-refractivity contribution in [1.29, 1.82) is 0 Å². The van der Waals surface area contributed by atoms with Crippen molar-refractivity contribution in [3.63, 3.8) is 0 Å². The van der Waals surface area contributed by atoms with E-state index in [4.69, 9.17) is 4.74 Å². The maximum atomic E-state index is 6.36. The molecule has 200 valence electrons. The van der Waals surface area contributed by atoms with Crippen LogP contribution in [0.3, 0.4) is 0 Å². The van der Waals surface area contributed by atoms with Gasteiger partial charge >= 0.3 is 21.1 Å². The van der Waals surface area contributed by atoms with Gasteiger partial charge in [0.05, 0.1) is 11.3 Å². The summed E-state index contributed by atoms with van der Waals surface area (Å²) in [7, 11) is 0. The van der Waals surface area contributed by atoms with Gasteiger partial charge in [-0.05, 0) is 34.0 Å². The van der Waals surface area contributed by atoms with Crippen LogP contribution in [0.4, 0.5) is 0 Å². The Kier molecular flexibility index (Phi) is 5.59. The molecule has 0 atom stereocenters. The number of aromatic nitrogens is 5. The maximum Gasteiger partial charge on any atom is 2.00 e. The number of hydrogen-bond acceptors (Lipinski definition) is 4. The molecule has 0 N–H and O–H groups in total. The summed E-state index contributed by atoms with van der Waals surface area (Å²) in [5.74, 6) is 1.19. The molecule has 9 aromatic rings. The van der Waals surface area contributed by atoms with Gasteiger partial charge in [0.1, 0.15) is 5.65 Å². The van der Waals surface area contributed by atoms with E-state index >= 15 is 0 Å². The predicted octanol–water partition coefficient (Wildman–Crippen LogP) is 8.05. The second-order valence-electron chi connectivity index (χ2n) is 10.0. The quantitative estimate of drug-likeness (QED) is 0.137. The minimum Gasteiger partial charge on any atom is -0.497 e. The Morgan fingerprint density at radius 1 is 0.524 bits per heavy atom. The molecule has 0 bridgehead atoms. The molecule has 4 aromatic carbocycles. The summed E-state index contributed by atoms with van der Waals surface area (Å²) in [5, 5.41) is 6.05. The number of benzene rings is 4. The molecule has 0 saturated heterocycles. The number of imidazole rings is 2. The van der Waals surface area contributed by atoms with E-state index in [1.54, 1.807) is 12.4 Å². The summed E-state index contributed by atoms with van der Waals surface area (Å²) in [5.41, 5.74) is 5.94. The smallest absolute Gasteiger partial charge is 0.497 e. The fourth-order valence-corrected chi connectivity index (χ4v) is 5.90. The third kappa shape index (κ3) is 3.65. The fourth-order valence-electron chi connectivity index (χ4n) is 5.90. The van der Waals surface area contributed by atoms with Crippen molar-refractivity contribution in [3.8, 4) is 22.6 Å². The van der Waals surface area contributed by atoms with E-state index in [0.717, 1.165) is 60.3 Å². The molecule has 0 aliphatic heterocycles. The van der Waals surface area contributed by atoms with E-state index in [9.17, 15) is 0 Å². The minimum absolute atomic E-state index is 0. The van der Waals surface area contributed by atoms with Gasteiger partial charge in [0.15, 0.2) is 0 Å². The molecule has 0 fully saturated rings. The van der Waals surface area contributed by atoms with Gasteiger partial charge in [0.2, 0.25) is 0 Å². The van der Waals surface area contributed by atoms with Crippen molar-refractivity contribution in [1.82, 2.24) is 23.8 Å². The molecule has 0 radical (unpaired) electrons. The number of pyridine rings is 3. The van der Waals surface area contributed by atoms with E-state index in [-0.39, 0.29) is 21.1 Å². The van der Waals surface area contributed by atoms with Crippen molar-refractivity contribution >= 4 is 54.8 Å². The van der Waals surface area contributed by atoms with Crippen LogP contribution in [0.15, 0.2) is 116 Å². The van der Waals surface area contributed by atoms with Gasteiger partial charge in [-0.3, -0.25) is 9.97 Å². The van der Waals surface area contributed by atoms with Gasteiger partial charge in [-0.2, -0.15) is 0 Å². The summed E-state index contributed by atoms with van der Waals surface area (Å²) in [6.45, 7) is 0. The van der Waals surface area contributed by atoms with Crippen molar-refractivity contribution in [2.24, 2.45) is 0 Å². The molecule has 0 spiro atoms. The zero-order valence-corrected chi connectivity index (χ0v) is 24.2. The Balaban J connectivity index is 0.00000267. The number of nitrogens with zero attached hydrogens (tertiary/aromatic N) is 5. The van der Waals surface area contributed by atoms with Gasteiger partial charge in [0.25, 0.3) is 0 Å². The van der Waals surface area contributed by atoms with Crippen LogP contribution in [0, 0.1) is 12.1 Å². The van der Waals surface area contributed by atoms with Crippen molar-refractivity contribution < 1.29 is 25.8 Å². The van der Waals surface area contributed by atoms with Crippen LogP contribution in [0.2, 0.25) is 0 Å². The summed E-state index contributed by atoms with van der Waals surface area (Å²) in [6, 6.07) is 36.0. The number of ether oxygens (including phenoxy) is 1. The third-order valence-corrected chi connectivity index (χ3v) is 7.74. The Hall–Kier alpha value is -5.06. The second kappa shape index (κ2) is 9.50. The van der Waals surface area contributed by atoms with Crippen LogP contribution in [-0.2, 0) is 21.1 Å². The van der Waals surface area contributed by atoms with Crippen LogP contribution in [-0.4, -0.2) is 23.8 Å². The van der Waals surface area contributed by atoms with Crippen molar-refractivity contribution in [2.75, 3.05) is 0 Å². The van der Waals surface area contributed by atoms with Gasteiger partial charge < -0.3 is 13.5 Å². The number of fused-ring (bicyclic) bond motifs is 12. The van der Waals surface area contributed by atoms with Crippen LogP contribution < -0.4 is 4.74 Å². The molecule has 0 aliphatic rings. The molecule has 0 aliphatic carbocycles. The van der Waals surface area contributed by atoms with E-state index < -0.39 is 0 Å². The van der Waals surface area contributed by atoms with Gasteiger partial charge in [0, 0.05) is 48.0 Å². The second-order valence-corrected chi connectivity index (χ2v) is 10.0. The third-order valence-electron chi connectivity index (χ3n) is 7.74. The zero-order chi connectivity index (χ0) is 26.9. The SMILES string of the molecule is [Pt+2].[c-]1c(Oc2[c-]c3c(cc2)c2cccnc2n2ccnc32)ccc2c1c1nccn1c1ccc(-c3ccccc3)cc21. The van der Waals surface area contributed by atoms with E-state index in [1.807, 2.05) is 53.3 Å². The van der Waals surface area contributed by atoms with Crippen LogP contribution in [0.1, 0.15) is 0 Å². The summed E-state index contributed by atoms with van der Waals surface area (Å²) < 4.78 is 10.5. The monoisotopic (exact) mass is 720 g/mol. The Labute approximate surface area is 254 Å². The Morgan fingerprint density at radius 2 is 1.19 bits per heavy atom. The molecule has 5 aromatic heterocycles. The summed E-state index contributed by atoms with van der Waals surface area (Å²) >= 11 is 0. The zero-order valence-electron chi connectivity index (χ0n) is 21.9. The largest absolute Gasteiger partial charge is 2.00 e. The number of hydrogen-bond donors (Lipinski definition) is 0. The van der Waals surface area contributed by atoms with Crippen LogP contribution in [0.25, 0.3) is 65.9 Å². The average Bonchev–Trinajstić information content (AvgIpc) is 3.73. The van der Waals surface area contributed by atoms with Crippen molar-refractivity contribution in [2.45, 2.75) is 0 Å². The number of rotatable bonds is 3. The first-order valence-electron chi connectivity index (χ1n) is 13.4. The van der Waals surface area contributed by atoms with E-state index in [0.29, 0.717) is 11.5 Å². The summed E-state index contributed by atoms with van der Waals surface area (Å²) in [6.07, 6.45) is 9.32. The normalized spacial score (nSPS) is 11.6. The van der Waals surface area contributed by atoms with Gasteiger partial charge in [-0.1, -0.05) is 94.3 Å². The average molecular weight is 721 g/mol. The van der Waals surface area contributed by atoms with E-state index in [2.05, 4.69) is 86.1 Å². The standard InChI is InChI=1S/C35H19N5O.Pt/c1-2-5-22(6-3-1)23-8-13-32-29(19-23)27-12-10-25(21-31(27)34-37-15-17-39(32)34)41-24-9-11-26-28-7-4-14-36-33(28)40-18-16-38-35(40)30(26)20-24;/h1-19H;/q-2;+2. The first-order chi connectivity index (χ1) is 20.3. The molecule has 9 rings (SSSR count). The molecular weight excluding hydrogens is 701 g/mol. The first-order valence-corrected chi connectivity index (χ1v) is 13.4. The molecule has 6 nitrogen and oxygen atoms in total. The van der Waals surface area contributed by atoms with Gasteiger partial charge in [-0.25, -0.2) is 4.98 Å². The molecule has 7 heteroatoms. The predicted molar refractivity (Wildman–Crippen MR) is 161 cm³/mol. The molecule has 0 saturated carbocycles. The maximum absolute atomic E-state index is 6.36. The summed E-state index contributed by atoms with van der Waals surface area (Å²) in [4.78, 5) is 13.8. The minimum atomic E-state index is 0. The fraction of sp³-hybridized carbons (Fsp3) is 0. The first kappa shape index (κ1) is 24.7. The molecule has 42 heavy (non-hydrogen) atoms. The molecule has 0 amide bonds. The van der Waals surface area contributed by atoms with Crippen molar-refractivity contribution in [3.05, 3.63) is 128 Å². The Bertz CT molecular complexity index is 2460. The van der Waals surface area contributed by atoms with E-state index in [1.165, 1.54) is 5.56 Å². The van der Waals surface area contributed by atoms with Gasteiger partial charge in [-0.15, -0.1) is 12.1 Å². The van der Waals surface area contributed by atoms with Crippen LogP contribution >= 0.6 is 0 Å². The Morgan fingerprint density at radius 3 is 1.95 bits per heavy atom. The molecule has 5 heterocycles. The molecule has 0 unspecified atom stereocenters. The molecular formula is C35H19N5OPt. The van der Waals surface area contributed by atoms with Crippen LogP contribution in [0.5, 0.6) is 11.5 Å².